The fourth-order valence-corrected chi connectivity index (χ4v) is 4.21. The SMILES string of the molecule is C=CCOC1CCC(N2CCC(Nc3cc(C)ccc3N)CC2)CC1. The smallest absolute Gasteiger partial charge is 0.0648 e. The molecule has 1 aliphatic heterocycles. The van der Waals surface area contributed by atoms with Gasteiger partial charge in [-0.1, -0.05) is 12.1 Å². The summed E-state index contributed by atoms with van der Waals surface area (Å²) in [5, 5.41) is 3.66. The van der Waals surface area contributed by atoms with Gasteiger partial charge in [0.1, 0.15) is 0 Å². The topological polar surface area (TPSA) is 50.5 Å². The van der Waals surface area contributed by atoms with Crippen molar-refractivity contribution in [3.63, 3.8) is 0 Å². The van der Waals surface area contributed by atoms with Crippen molar-refractivity contribution in [3.05, 3.63) is 36.4 Å². The number of aryl methyl sites for hydroxylation is 1. The Balaban J connectivity index is 1.43. The molecule has 0 spiro atoms. The number of hydrogen-bond donors (Lipinski definition) is 2. The van der Waals surface area contributed by atoms with Gasteiger partial charge in [0.2, 0.25) is 0 Å². The van der Waals surface area contributed by atoms with Crippen LogP contribution >= 0.6 is 0 Å². The van der Waals surface area contributed by atoms with Gasteiger partial charge in [0.05, 0.1) is 24.1 Å². The summed E-state index contributed by atoms with van der Waals surface area (Å²) < 4.78 is 5.81. The van der Waals surface area contributed by atoms with E-state index in [4.69, 9.17) is 10.5 Å². The van der Waals surface area contributed by atoms with Crippen LogP contribution in [0.4, 0.5) is 11.4 Å². The average molecular weight is 344 g/mol. The molecule has 1 aromatic carbocycles. The zero-order valence-corrected chi connectivity index (χ0v) is 15.5. The van der Waals surface area contributed by atoms with Crippen LogP contribution < -0.4 is 11.1 Å². The van der Waals surface area contributed by atoms with E-state index < -0.39 is 0 Å². The molecule has 25 heavy (non-hydrogen) atoms. The van der Waals surface area contributed by atoms with E-state index in [0.717, 1.165) is 17.4 Å². The van der Waals surface area contributed by atoms with Crippen molar-refractivity contribution in [2.24, 2.45) is 0 Å². The van der Waals surface area contributed by atoms with Gasteiger partial charge in [0, 0.05) is 25.2 Å². The normalized spacial score (nSPS) is 25.6. The van der Waals surface area contributed by atoms with Gasteiger partial charge in [-0.2, -0.15) is 0 Å². The average Bonchev–Trinajstić information content (AvgIpc) is 2.64. The van der Waals surface area contributed by atoms with Crippen molar-refractivity contribution >= 4 is 11.4 Å². The van der Waals surface area contributed by atoms with Crippen molar-refractivity contribution in [2.45, 2.75) is 63.6 Å². The Kier molecular flexibility index (Phi) is 6.38. The first-order valence-electron chi connectivity index (χ1n) is 9.75. The quantitative estimate of drug-likeness (QED) is 0.606. The Labute approximate surface area is 152 Å². The molecule has 0 aromatic heterocycles. The van der Waals surface area contributed by atoms with Crippen molar-refractivity contribution in [1.29, 1.82) is 0 Å². The summed E-state index contributed by atoms with van der Waals surface area (Å²) in [6, 6.07) is 7.51. The second kappa shape index (κ2) is 8.72. The largest absolute Gasteiger partial charge is 0.397 e. The van der Waals surface area contributed by atoms with Crippen LogP contribution in [0.2, 0.25) is 0 Å². The zero-order valence-electron chi connectivity index (χ0n) is 15.5. The predicted molar refractivity (Wildman–Crippen MR) is 106 cm³/mol. The molecule has 3 N–H and O–H groups in total. The van der Waals surface area contributed by atoms with Gasteiger partial charge >= 0.3 is 0 Å². The standard InChI is InChI=1S/C21H33N3O/c1-3-14-25-19-7-5-18(6-8-19)24-12-10-17(11-13-24)23-21-15-16(2)4-9-20(21)22/h3-4,9,15,17-19,23H,1,5-8,10-14,22H2,2H3. The van der Waals surface area contributed by atoms with Crippen LogP contribution in [0.5, 0.6) is 0 Å². The molecule has 138 valence electrons. The molecule has 4 nitrogen and oxygen atoms in total. The van der Waals surface area contributed by atoms with Gasteiger partial charge in [0.15, 0.2) is 0 Å². The van der Waals surface area contributed by atoms with E-state index in [1.165, 1.54) is 57.2 Å². The van der Waals surface area contributed by atoms with Crippen LogP contribution in [-0.4, -0.2) is 42.8 Å². The molecule has 0 amide bonds. The van der Waals surface area contributed by atoms with Crippen LogP contribution in [0.15, 0.2) is 30.9 Å². The molecule has 1 aromatic rings. The van der Waals surface area contributed by atoms with Crippen LogP contribution in [-0.2, 0) is 4.74 Å². The third kappa shape index (κ3) is 4.99. The molecule has 0 radical (unpaired) electrons. The Hall–Kier alpha value is -1.52. The fraction of sp³-hybridized carbons (Fsp3) is 0.619. The highest BCUT2D eigenvalue weighted by Crippen LogP contribution is 2.29. The lowest BCUT2D eigenvalue weighted by Crippen LogP contribution is -2.46. The number of anilines is 2. The van der Waals surface area contributed by atoms with Crippen molar-refractivity contribution in [1.82, 2.24) is 4.90 Å². The minimum absolute atomic E-state index is 0.442. The summed E-state index contributed by atoms with van der Waals surface area (Å²) in [7, 11) is 0. The van der Waals surface area contributed by atoms with Crippen molar-refractivity contribution in [3.8, 4) is 0 Å². The van der Waals surface area contributed by atoms with Gasteiger partial charge in [0.25, 0.3) is 0 Å². The van der Waals surface area contributed by atoms with E-state index in [1.54, 1.807) is 0 Å². The second-order valence-electron chi connectivity index (χ2n) is 7.60. The summed E-state index contributed by atoms with van der Waals surface area (Å²) in [5.74, 6) is 0. The number of ether oxygens (including phenoxy) is 1. The first-order chi connectivity index (χ1) is 12.2. The van der Waals surface area contributed by atoms with Crippen molar-refractivity contribution < 1.29 is 4.74 Å². The molecule has 1 heterocycles. The highest BCUT2D eigenvalue weighted by molar-refractivity contribution is 5.67. The lowest BCUT2D eigenvalue weighted by Gasteiger charge is -2.41. The molecule has 0 unspecified atom stereocenters. The van der Waals surface area contributed by atoms with Gasteiger partial charge in [-0.3, -0.25) is 0 Å². The monoisotopic (exact) mass is 343 g/mol. The molecule has 2 aliphatic rings. The molecule has 2 fully saturated rings. The summed E-state index contributed by atoms with van der Waals surface area (Å²) in [6.45, 7) is 8.91. The number of piperidine rings is 1. The highest BCUT2D eigenvalue weighted by Gasteiger charge is 2.29. The summed E-state index contributed by atoms with van der Waals surface area (Å²) >= 11 is 0. The lowest BCUT2D eigenvalue weighted by molar-refractivity contribution is 0.0169. The number of benzene rings is 1. The number of nitrogen functional groups attached to an aromatic ring is 1. The van der Waals surface area contributed by atoms with Gasteiger partial charge in [-0.25, -0.2) is 0 Å². The fourth-order valence-electron chi connectivity index (χ4n) is 4.21. The van der Waals surface area contributed by atoms with Crippen LogP contribution in [0, 0.1) is 6.92 Å². The first-order valence-corrected chi connectivity index (χ1v) is 9.75. The minimum Gasteiger partial charge on any atom is -0.397 e. The Bertz CT molecular complexity index is 558. The predicted octanol–water partition coefficient (Wildman–Crippen LogP) is 3.97. The second-order valence-corrected chi connectivity index (χ2v) is 7.60. The van der Waals surface area contributed by atoms with Gasteiger partial charge < -0.3 is 20.7 Å². The highest BCUT2D eigenvalue weighted by atomic mass is 16.5. The summed E-state index contributed by atoms with van der Waals surface area (Å²) in [6.07, 6.45) is 9.60. The summed E-state index contributed by atoms with van der Waals surface area (Å²) in [5.41, 5.74) is 9.31. The molecule has 0 bridgehead atoms. The van der Waals surface area contributed by atoms with E-state index in [9.17, 15) is 0 Å². The molecular formula is C21H33N3O. The molecule has 0 atom stereocenters. The van der Waals surface area contributed by atoms with E-state index in [0.29, 0.717) is 18.8 Å². The number of nitrogens with two attached hydrogens (primary N) is 1. The molecule has 1 aliphatic carbocycles. The molecule has 1 saturated carbocycles. The maximum atomic E-state index is 6.11. The number of hydrogen-bond acceptors (Lipinski definition) is 4. The molecule has 4 heteroatoms. The van der Waals surface area contributed by atoms with Gasteiger partial charge in [-0.15, -0.1) is 6.58 Å². The van der Waals surface area contributed by atoms with E-state index >= 15 is 0 Å². The first kappa shape index (κ1) is 18.3. The molecular weight excluding hydrogens is 310 g/mol. The van der Waals surface area contributed by atoms with Crippen LogP contribution in [0.1, 0.15) is 44.1 Å². The minimum atomic E-state index is 0.442. The number of nitrogens with one attached hydrogen (secondary N) is 1. The molecule has 1 saturated heterocycles. The van der Waals surface area contributed by atoms with Crippen LogP contribution in [0.3, 0.4) is 0 Å². The van der Waals surface area contributed by atoms with Crippen LogP contribution in [0.25, 0.3) is 0 Å². The zero-order chi connectivity index (χ0) is 17.6. The van der Waals surface area contributed by atoms with Gasteiger partial charge in [-0.05, 0) is 63.1 Å². The third-order valence-electron chi connectivity index (χ3n) is 5.71. The lowest BCUT2D eigenvalue weighted by atomic mass is 9.90. The Morgan fingerprint density at radius 2 is 1.92 bits per heavy atom. The summed E-state index contributed by atoms with van der Waals surface area (Å²) in [4.78, 5) is 2.70. The van der Waals surface area contributed by atoms with E-state index in [1.807, 2.05) is 12.1 Å². The Morgan fingerprint density at radius 3 is 2.60 bits per heavy atom. The Morgan fingerprint density at radius 1 is 1.20 bits per heavy atom. The number of likely N-dealkylation sites (tertiary alicyclic amines) is 1. The maximum absolute atomic E-state index is 6.11. The van der Waals surface area contributed by atoms with E-state index in [2.05, 4.69) is 35.9 Å². The maximum Gasteiger partial charge on any atom is 0.0648 e. The van der Waals surface area contributed by atoms with Crippen molar-refractivity contribution in [2.75, 3.05) is 30.7 Å². The number of rotatable bonds is 6. The molecule has 3 rings (SSSR count). The van der Waals surface area contributed by atoms with E-state index in [-0.39, 0.29) is 0 Å². The number of nitrogens with zero attached hydrogens (tertiary/aromatic N) is 1. The third-order valence-corrected chi connectivity index (χ3v) is 5.71.